The third-order valence-corrected chi connectivity index (χ3v) is 6.34. The average Bonchev–Trinajstić information content (AvgIpc) is 3.23. The molecule has 1 N–H and O–H groups in total. The van der Waals surface area contributed by atoms with E-state index in [4.69, 9.17) is 5.26 Å². The van der Waals surface area contributed by atoms with E-state index in [1.165, 1.54) is 6.20 Å². The molecule has 5 rings (SSSR count). The topological polar surface area (TPSA) is 107 Å². The van der Waals surface area contributed by atoms with Crippen LogP contribution in [0.25, 0.3) is 11.3 Å². The Morgan fingerprint density at radius 3 is 2.65 bits per heavy atom. The molecule has 7 nitrogen and oxygen atoms in total. The highest BCUT2D eigenvalue weighted by Gasteiger charge is 2.45. The summed E-state index contributed by atoms with van der Waals surface area (Å²) >= 11 is 0. The fourth-order valence-corrected chi connectivity index (χ4v) is 4.66. The first kappa shape index (κ1) is 21.7. The first-order valence-corrected chi connectivity index (χ1v) is 11.0. The maximum absolute atomic E-state index is 13.2. The van der Waals surface area contributed by atoms with Crippen LogP contribution in [0.5, 0.6) is 0 Å². The molecule has 0 aliphatic heterocycles. The fraction of sp³-hybridized carbons (Fsp3) is 0.320. The lowest BCUT2D eigenvalue weighted by Gasteiger charge is -2.34. The van der Waals surface area contributed by atoms with Gasteiger partial charge in [-0.2, -0.15) is 15.6 Å². The van der Waals surface area contributed by atoms with E-state index >= 15 is 0 Å². The Morgan fingerprint density at radius 2 is 1.97 bits per heavy atom. The zero-order chi connectivity index (χ0) is 23.9. The van der Waals surface area contributed by atoms with Crippen molar-refractivity contribution in [2.24, 2.45) is 5.92 Å². The van der Waals surface area contributed by atoms with Crippen molar-refractivity contribution in [2.75, 3.05) is 0 Å². The Balaban J connectivity index is 1.35. The molecule has 0 spiro atoms. The number of hydrogen-bond donors (Lipinski definition) is 1. The number of carbonyl (C=O) groups is 1. The number of nitrogens with zero attached hydrogens (tertiary/aromatic N) is 5. The minimum Gasteiger partial charge on any atom is -0.346 e. The van der Waals surface area contributed by atoms with Crippen LogP contribution < -0.4 is 5.32 Å². The monoisotopic (exact) mass is 458 g/mol. The number of alkyl halides is 2. The van der Waals surface area contributed by atoms with E-state index in [1.807, 2.05) is 12.3 Å². The van der Waals surface area contributed by atoms with Gasteiger partial charge in [-0.15, -0.1) is 0 Å². The molecular weight excluding hydrogens is 438 g/mol. The summed E-state index contributed by atoms with van der Waals surface area (Å²) in [7, 11) is 0. The van der Waals surface area contributed by atoms with E-state index in [9.17, 15) is 18.8 Å². The molecule has 1 fully saturated rings. The van der Waals surface area contributed by atoms with Crippen LogP contribution in [0.2, 0.25) is 0 Å². The molecule has 2 aromatic heterocycles. The van der Waals surface area contributed by atoms with Gasteiger partial charge < -0.3 is 5.32 Å². The molecule has 0 saturated heterocycles. The second-order valence-electron chi connectivity index (χ2n) is 8.86. The van der Waals surface area contributed by atoms with E-state index in [0.29, 0.717) is 53.0 Å². The second-order valence-corrected chi connectivity index (χ2v) is 8.86. The third-order valence-electron chi connectivity index (χ3n) is 6.34. The van der Waals surface area contributed by atoms with Crippen molar-refractivity contribution >= 4 is 5.91 Å². The van der Waals surface area contributed by atoms with Gasteiger partial charge in [-0.3, -0.25) is 14.5 Å². The maximum Gasteiger partial charge on any atom is 0.251 e. The number of fused-ring (bicyclic) bond motifs is 3. The first-order chi connectivity index (χ1) is 16.3. The van der Waals surface area contributed by atoms with Crippen LogP contribution in [0.4, 0.5) is 8.78 Å². The molecule has 2 aliphatic rings. The number of amides is 1. The molecule has 0 radical (unpaired) electrons. The Bertz CT molecular complexity index is 1360. The van der Waals surface area contributed by atoms with Crippen LogP contribution in [0.15, 0.2) is 36.7 Å². The summed E-state index contributed by atoms with van der Waals surface area (Å²) in [5.74, 6) is -2.99. The van der Waals surface area contributed by atoms with E-state index in [-0.39, 0.29) is 31.2 Å². The van der Waals surface area contributed by atoms with Crippen molar-refractivity contribution in [3.8, 4) is 23.4 Å². The van der Waals surface area contributed by atoms with Crippen molar-refractivity contribution in [3.05, 3.63) is 70.2 Å². The molecule has 0 bridgehead atoms. The Kier molecular flexibility index (Phi) is 5.33. The van der Waals surface area contributed by atoms with Gasteiger partial charge in [0.1, 0.15) is 6.07 Å². The second kappa shape index (κ2) is 8.35. The van der Waals surface area contributed by atoms with Gasteiger partial charge in [-0.25, -0.2) is 8.78 Å². The highest BCUT2D eigenvalue weighted by Crippen LogP contribution is 2.43. The van der Waals surface area contributed by atoms with Gasteiger partial charge in [0.25, 0.3) is 5.91 Å². The van der Waals surface area contributed by atoms with Crippen molar-refractivity contribution in [1.29, 1.82) is 10.5 Å². The molecule has 170 valence electrons. The average molecular weight is 458 g/mol. The Hall–Kier alpha value is -4.11. The number of aromatic nitrogens is 3. The SMILES string of the molecule is N#Cc1ccc(CNC(=O)c2cc(C#N)c3c(c2)CCc2cn(CC4CC(F)(F)C4)nc2-3)nc1. The van der Waals surface area contributed by atoms with Gasteiger partial charge in [0.2, 0.25) is 5.92 Å². The number of carbonyl (C=O) groups excluding carboxylic acids is 1. The lowest BCUT2D eigenvalue weighted by molar-refractivity contribution is -0.114. The van der Waals surface area contributed by atoms with Crippen LogP contribution in [-0.4, -0.2) is 26.6 Å². The van der Waals surface area contributed by atoms with Gasteiger partial charge in [0.05, 0.1) is 35.1 Å². The summed E-state index contributed by atoms with van der Waals surface area (Å²) < 4.78 is 28.1. The Morgan fingerprint density at radius 1 is 1.18 bits per heavy atom. The molecule has 2 aliphatic carbocycles. The van der Waals surface area contributed by atoms with Gasteiger partial charge in [-0.05, 0) is 54.2 Å². The number of benzene rings is 1. The Labute approximate surface area is 194 Å². The fourth-order valence-electron chi connectivity index (χ4n) is 4.66. The number of nitrogens with one attached hydrogen (secondary N) is 1. The molecular formula is C25H20F2N6O. The number of hydrogen-bond acceptors (Lipinski definition) is 5. The third kappa shape index (κ3) is 4.13. The van der Waals surface area contributed by atoms with Crippen LogP contribution in [0.3, 0.4) is 0 Å². The van der Waals surface area contributed by atoms with Gasteiger partial charge >= 0.3 is 0 Å². The predicted octanol–water partition coefficient (Wildman–Crippen LogP) is 3.76. The molecule has 3 aromatic rings. The van der Waals surface area contributed by atoms with E-state index < -0.39 is 5.92 Å². The van der Waals surface area contributed by atoms with Gasteiger partial charge in [0, 0.05) is 42.9 Å². The molecule has 2 heterocycles. The van der Waals surface area contributed by atoms with Crippen LogP contribution >= 0.6 is 0 Å². The molecule has 1 amide bonds. The minimum absolute atomic E-state index is 0.0945. The number of rotatable bonds is 5. The molecule has 1 aromatic carbocycles. The van der Waals surface area contributed by atoms with Crippen molar-refractivity contribution in [1.82, 2.24) is 20.1 Å². The maximum atomic E-state index is 13.2. The van der Waals surface area contributed by atoms with Crippen molar-refractivity contribution < 1.29 is 13.6 Å². The molecule has 0 unspecified atom stereocenters. The van der Waals surface area contributed by atoms with Crippen LogP contribution in [-0.2, 0) is 25.9 Å². The summed E-state index contributed by atoms with van der Waals surface area (Å²) in [6, 6.07) is 10.8. The quantitative estimate of drug-likeness (QED) is 0.626. The van der Waals surface area contributed by atoms with Crippen molar-refractivity contribution in [3.63, 3.8) is 0 Å². The summed E-state index contributed by atoms with van der Waals surface area (Å²) in [6.45, 7) is 0.627. The minimum atomic E-state index is -2.56. The van der Waals surface area contributed by atoms with Crippen LogP contribution in [0.1, 0.15) is 51.1 Å². The van der Waals surface area contributed by atoms with Gasteiger partial charge in [-0.1, -0.05) is 0 Å². The van der Waals surface area contributed by atoms with Crippen molar-refractivity contribution in [2.45, 2.75) is 44.7 Å². The normalized spacial score (nSPS) is 15.9. The standard InChI is InChI=1S/C25H20F2N6O/c26-25(27)7-16(8-25)13-33-14-18-3-2-17-5-19(6-20(10-29)22(17)23(18)32-33)24(34)31-12-21-4-1-15(9-28)11-30-21/h1,4-6,11,14,16H,2-3,7-8,12-13H2,(H,31,34). The molecule has 9 heteroatoms. The molecule has 1 saturated carbocycles. The highest BCUT2D eigenvalue weighted by atomic mass is 19.3. The lowest BCUT2D eigenvalue weighted by Crippen LogP contribution is -2.37. The number of pyridine rings is 1. The van der Waals surface area contributed by atoms with Gasteiger partial charge in [0.15, 0.2) is 0 Å². The molecule has 0 atom stereocenters. The first-order valence-electron chi connectivity index (χ1n) is 11.0. The zero-order valence-electron chi connectivity index (χ0n) is 18.2. The smallest absolute Gasteiger partial charge is 0.251 e. The lowest BCUT2D eigenvalue weighted by atomic mass is 9.81. The summed E-state index contributed by atoms with van der Waals surface area (Å²) in [5, 5.41) is 26.1. The number of nitriles is 2. The zero-order valence-corrected chi connectivity index (χ0v) is 18.2. The largest absolute Gasteiger partial charge is 0.346 e. The van der Waals surface area contributed by atoms with E-state index in [2.05, 4.69) is 21.5 Å². The predicted molar refractivity (Wildman–Crippen MR) is 118 cm³/mol. The summed E-state index contributed by atoms with van der Waals surface area (Å²) in [4.78, 5) is 16.9. The molecule has 34 heavy (non-hydrogen) atoms. The highest BCUT2D eigenvalue weighted by molar-refractivity contribution is 5.96. The summed E-state index contributed by atoms with van der Waals surface area (Å²) in [5.41, 5.74) is 5.06. The summed E-state index contributed by atoms with van der Waals surface area (Å²) in [6.07, 6.45) is 4.46. The number of halogens is 2. The number of aryl methyl sites for hydroxylation is 2. The van der Waals surface area contributed by atoms with E-state index in [1.54, 1.807) is 28.9 Å². The van der Waals surface area contributed by atoms with E-state index in [0.717, 1.165) is 11.1 Å². The van der Waals surface area contributed by atoms with Crippen LogP contribution in [0, 0.1) is 28.6 Å².